The number of aryl methyl sites for hydroxylation is 1. The number of H-pyrrole nitrogens is 1. The minimum absolute atomic E-state index is 0. The van der Waals surface area contributed by atoms with Gasteiger partial charge in [0, 0.05) is 43.8 Å². The number of rotatable bonds is 6. The molecule has 0 aliphatic rings. The van der Waals surface area contributed by atoms with Gasteiger partial charge in [-0.1, -0.05) is 18.2 Å². The van der Waals surface area contributed by atoms with Gasteiger partial charge in [0.2, 0.25) is 0 Å². The summed E-state index contributed by atoms with van der Waals surface area (Å²) in [5.41, 5.74) is 3.24. The number of fused-ring (bicyclic) bond motifs is 1. The first-order chi connectivity index (χ1) is 12.8. The second kappa shape index (κ2) is 11.1. The summed E-state index contributed by atoms with van der Waals surface area (Å²) in [6.45, 7) is 9.41. The number of aromatic amines is 1. The van der Waals surface area contributed by atoms with E-state index in [0.717, 1.165) is 13.0 Å². The Balaban J connectivity index is 0.00000392. The second-order valence-electron chi connectivity index (χ2n) is 7.42. The van der Waals surface area contributed by atoms with Crippen molar-refractivity contribution < 1.29 is 9.53 Å². The molecule has 0 radical (unpaired) electrons. The average Bonchev–Trinajstić information content (AvgIpc) is 3.00. The molecule has 1 aromatic heterocycles. The highest BCUT2D eigenvalue weighted by atomic mass is 127. The van der Waals surface area contributed by atoms with Crippen molar-refractivity contribution in [2.24, 2.45) is 4.99 Å². The molecule has 0 aliphatic heterocycles. The summed E-state index contributed by atoms with van der Waals surface area (Å²) < 4.78 is 5.19. The lowest BCUT2D eigenvalue weighted by molar-refractivity contribution is 0.0529. The van der Waals surface area contributed by atoms with E-state index in [2.05, 4.69) is 57.2 Å². The highest BCUT2D eigenvalue weighted by Crippen LogP contribution is 2.21. The molecule has 1 aromatic carbocycles. The van der Waals surface area contributed by atoms with Crippen LogP contribution < -0.4 is 16.0 Å². The Morgan fingerprint density at radius 2 is 1.82 bits per heavy atom. The van der Waals surface area contributed by atoms with E-state index in [0.29, 0.717) is 19.0 Å². The first-order valence-corrected chi connectivity index (χ1v) is 9.27. The van der Waals surface area contributed by atoms with E-state index in [1.807, 2.05) is 20.8 Å². The minimum atomic E-state index is -0.490. The molecular formula is C20H32IN5O2. The molecule has 0 unspecified atom stereocenters. The Bertz CT molecular complexity index is 795. The Morgan fingerprint density at radius 1 is 1.14 bits per heavy atom. The van der Waals surface area contributed by atoms with Gasteiger partial charge in [-0.05, 0) is 45.2 Å². The van der Waals surface area contributed by atoms with Crippen molar-refractivity contribution in [3.63, 3.8) is 0 Å². The number of halogens is 1. The van der Waals surface area contributed by atoms with Crippen molar-refractivity contribution in [3.05, 3.63) is 35.5 Å². The van der Waals surface area contributed by atoms with Gasteiger partial charge in [0.1, 0.15) is 5.60 Å². The smallest absolute Gasteiger partial charge is 0.407 e. The molecule has 4 N–H and O–H groups in total. The number of carbonyl (C=O) groups excluding carboxylic acids is 1. The number of nitrogens with zero attached hydrogens (tertiary/aromatic N) is 1. The highest BCUT2D eigenvalue weighted by Gasteiger charge is 2.15. The molecule has 0 saturated heterocycles. The number of amides is 1. The molecule has 0 fully saturated rings. The number of alkyl carbamates (subject to hydrolysis) is 1. The van der Waals surface area contributed by atoms with Gasteiger partial charge in [-0.3, -0.25) is 4.99 Å². The fourth-order valence-corrected chi connectivity index (χ4v) is 2.77. The van der Waals surface area contributed by atoms with E-state index < -0.39 is 11.7 Å². The summed E-state index contributed by atoms with van der Waals surface area (Å²) in [6, 6.07) is 6.34. The maximum absolute atomic E-state index is 11.6. The summed E-state index contributed by atoms with van der Waals surface area (Å²) in [5.74, 6) is 0.706. The van der Waals surface area contributed by atoms with Crippen LogP contribution in [0.3, 0.4) is 0 Å². The van der Waals surface area contributed by atoms with Crippen LogP contribution in [0.2, 0.25) is 0 Å². The molecule has 8 heteroatoms. The van der Waals surface area contributed by atoms with Crippen LogP contribution in [0.25, 0.3) is 10.9 Å². The minimum Gasteiger partial charge on any atom is -0.444 e. The van der Waals surface area contributed by atoms with Gasteiger partial charge in [-0.15, -0.1) is 24.0 Å². The Labute approximate surface area is 184 Å². The number of benzene rings is 1. The summed E-state index contributed by atoms with van der Waals surface area (Å²) in [6.07, 6.45) is 2.54. The molecule has 1 heterocycles. The number of ether oxygens (including phenoxy) is 1. The molecule has 1 amide bonds. The summed E-state index contributed by atoms with van der Waals surface area (Å²) in [4.78, 5) is 19.2. The van der Waals surface area contributed by atoms with Crippen molar-refractivity contribution >= 4 is 46.9 Å². The van der Waals surface area contributed by atoms with Crippen molar-refractivity contribution in [1.29, 1.82) is 0 Å². The lowest BCUT2D eigenvalue weighted by Gasteiger charge is -2.19. The van der Waals surface area contributed by atoms with E-state index in [1.165, 1.54) is 22.0 Å². The van der Waals surface area contributed by atoms with Crippen molar-refractivity contribution in [1.82, 2.24) is 20.9 Å². The summed E-state index contributed by atoms with van der Waals surface area (Å²) in [7, 11) is 1.73. The van der Waals surface area contributed by atoms with Crippen LogP contribution in [-0.4, -0.2) is 49.3 Å². The normalized spacial score (nSPS) is 11.7. The quantitative estimate of drug-likeness (QED) is 0.212. The third kappa shape index (κ3) is 7.57. The first-order valence-electron chi connectivity index (χ1n) is 9.27. The van der Waals surface area contributed by atoms with Crippen LogP contribution in [0.1, 0.15) is 31.9 Å². The standard InChI is InChI=1S/C20H31N5O2.HI/c1-14-7-6-8-16-15(13-25-17(14)16)9-10-22-18(21-5)23-11-12-24-19(26)27-20(2,3)4;/h6-8,13,25H,9-12H2,1-5H3,(H,24,26)(H2,21,22,23);1H. The van der Waals surface area contributed by atoms with E-state index in [1.54, 1.807) is 7.05 Å². The maximum Gasteiger partial charge on any atom is 0.407 e. The zero-order chi connectivity index (χ0) is 19.9. The molecule has 2 aromatic rings. The largest absolute Gasteiger partial charge is 0.444 e. The van der Waals surface area contributed by atoms with Gasteiger partial charge in [0.05, 0.1) is 0 Å². The molecular weight excluding hydrogens is 469 g/mol. The van der Waals surface area contributed by atoms with Crippen LogP contribution in [0.15, 0.2) is 29.4 Å². The van der Waals surface area contributed by atoms with Crippen LogP contribution in [0.4, 0.5) is 4.79 Å². The number of aliphatic imine (C=N–C) groups is 1. The van der Waals surface area contributed by atoms with Gasteiger partial charge in [-0.2, -0.15) is 0 Å². The van der Waals surface area contributed by atoms with Gasteiger partial charge in [0.15, 0.2) is 5.96 Å². The molecule has 7 nitrogen and oxygen atoms in total. The first kappa shape index (κ1) is 24.1. The van der Waals surface area contributed by atoms with E-state index in [4.69, 9.17) is 4.74 Å². The number of nitrogens with one attached hydrogen (secondary N) is 4. The lowest BCUT2D eigenvalue weighted by Crippen LogP contribution is -2.42. The van der Waals surface area contributed by atoms with Crippen molar-refractivity contribution in [3.8, 4) is 0 Å². The second-order valence-corrected chi connectivity index (χ2v) is 7.42. The Morgan fingerprint density at radius 3 is 2.50 bits per heavy atom. The third-order valence-corrected chi connectivity index (χ3v) is 4.01. The monoisotopic (exact) mass is 501 g/mol. The van der Waals surface area contributed by atoms with Crippen LogP contribution in [0.5, 0.6) is 0 Å². The predicted molar refractivity (Wildman–Crippen MR) is 126 cm³/mol. The van der Waals surface area contributed by atoms with Crippen LogP contribution in [0, 0.1) is 6.92 Å². The van der Waals surface area contributed by atoms with Crippen LogP contribution in [-0.2, 0) is 11.2 Å². The average molecular weight is 501 g/mol. The number of guanidine groups is 1. The fourth-order valence-electron chi connectivity index (χ4n) is 2.77. The molecule has 28 heavy (non-hydrogen) atoms. The van der Waals surface area contributed by atoms with Gasteiger partial charge < -0.3 is 25.7 Å². The van der Waals surface area contributed by atoms with E-state index >= 15 is 0 Å². The third-order valence-electron chi connectivity index (χ3n) is 4.01. The van der Waals surface area contributed by atoms with Gasteiger partial charge >= 0.3 is 6.09 Å². The summed E-state index contributed by atoms with van der Waals surface area (Å²) in [5, 5.41) is 10.4. The molecule has 0 bridgehead atoms. The maximum atomic E-state index is 11.6. The van der Waals surface area contributed by atoms with Crippen LogP contribution >= 0.6 is 24.0 Å². The molecule has 0 saturated carbocycles. The number of para-hydroxylation sites is 1. The topological polar surface area (TPSA) is 90.5 Å². The number of hydrogen-bond acceptors (Lipinski definition) is 3. The fraction of sp³-hybridized carbons (Fsp3) is 0.500. The number of aromatic nitrogens is 1. The number of carbonyl (C=O) groups is 1. The lowest BCUT2D eigenvalue weighted by atomic mass is 10.1. The predicted octanol–water partition coefficient (Wildman–Crippen LogP) is 3.33. The SMILES string of the molecule is CN=C(NCCNC(=O)OC(C)(C)C)NCCc1c[nH]c2c(C)cccc12.I. The zero-order valence-electron chi connectivity index (χ0n) is 17.3. The van der Waals surface area contributed by atoms with Gasteiger partial charge in [0.25, 0.3) is 0 Å². The van der Waals surface area contributed by atoms with Crippen molar-refractivity contribution in [2.75, 3.05) is 26.7 Å². The van der Waals surface area contributed by atoms with Crippen molar-refractivity contribution in [2.45, 2.75) is 39.7 Å². The molecule has 0 spiro atoms. The molecule has 156 valence electrons. The molecule has 0 atom stereocenters. The number of hydrogen-bond donors (Lipinski definition) is 4. The highest BCUT2D eigenvalue weighted by molar-refractivity contribution is 14.0. The Kier molecular flexibility index (Phi) is 9.57. The molecule has 0 aliphatic carbocycles. The van der Waals surface area contributed by atoms with Gasteiger partial charge in [-0.25, -0.2) is 4.79 Å². The molecule has 2 rings (SSSR count). The summed E-state index contributed by atoms with van der Waals surface area (Å²) >= 11 is 0. The van der Waals surface area contributed by atoms with E-state index in [9.17, 15) is 4.79 Å². The van der Waals surface area contributed by atoms with E-state index in [-0.39, 0.29) is 24.0 Å². The zero-order valence-corrected chi connectivity index (χ0v) is 19.6. The Hall–Kier alpha value is -1.97.